The molecule has 1 atom stereocenters. The van der Waals surface area contributed by atoms with Crippen LogP contribution >= 0.6 is 11.6 Å². The summed E-state index contributed by atoms with van der Waals surface area (Å²) in [6, 6.07) is 1.68. The molecule has 2 aromatic rings. The van der Waals surface area contributed by atoms with Gasteiger partial charge in [-0.25, -0.2) is 18.7 Å². The first-order chi connectivity index (χ1) is 10.6. The smallest absolute Gasteiger partial charge is 0.252 e. The highest BCUT2D eigenvalue weighted by molar-refractivity contribution is 6.31. The van der Waals surface area contributed by atoms with Crippen LogP contribution < -0.4 is 5.73 Å². The molecule has 1 aliphatic carbocycles. The average Bonchev–Trinajstić information content (AvgIpc) is 2.83. The third kappa shape index (κ3) is 2.68. The summed E-state index contributed by atoms with van der Waals surface area (Å²) < 4.78 is 26.8. The van der Waals surface area contributed by atoms with E-state index in [9.17, 15) is 8.78 Å². The van der Waals surface area contributed by atoms with Gasteiger partial charge in [-0.3, -0.25) is 0 Å². The number of hydrogen-bond donors (Lipinski definition) is 1. The standard InChI is InChI=1S/C14H14ClF2N5/c15-11-10(8-2-4-9(5-3-8)12(16)17)13(18)22(21-11)14-19-6-1-7-20-14/h1-2,6-7,9,12H,3-5,18H2. The minimum absolute atomic E-state index is 0.228. The molecule has 0 amide bonds. The van der Waals surface area contributed by atoms with Crippen LogP contribution in [0.5, 0.6) is 0 Å². The lowest BCUT2D eigenvalue weighted by molar-refractivity contribution is 0.0729. The van der Waals surface area contributed by atoms with E-state index < -0.39 is 12.3 Å². The number of aromatic nitrogens is 4. The van der Waals surface area contributed by atoms with Crippen LogP contribution in [0.25, 0.3) is 11.5 Å². The second-order valence-corrected chi connectivity index (χ2v) is 5.47. The molecule has 2 aromatic heterocycles. The fraction of sp³-hybridized carbons (Fsp3) is 0.357. The first kappa shape index (κ1) is 14.9. The predicted molar refractivity (Wildman–Crippen MR) is 79.9 cm³/mol. The zero-order valence-electron chi connectivity index (χ0n) is 11.6. The summed E-state index contributed by atoms with van der Waals surface area (Å²) in [5.41, 5.74) is 7.54. The molecule has 0 radical (unpaired) electrons. The Balaban J connectivity index is 1.95. The number of rotatable bonds is 3. The molecule has 5 nitrogen and oxygen atoms in total. The van der Waals surface area contributed by atoms with Crippen molar-refractivity contribution >= 4 is 23.0 Å². The minimum Gasteiger partial charge on any atom is -0.383 e. The van der Waals surface area contributed by atoms with Crippen molar-refractivity contribution < 1.29 is 8.78 Å². The van der Waals surface area contributed by atoms with E-state index in [1.54, 1.807) is 24.5 Å². The van der Waals surface area contributed by atoms with Crippen LogP contribution in [0.4, 0.5) is 14.6 Å². The number of nitrogens with two attached hydrogens (primary N) is 1. The lowest BCUT2D eigenvalue weighted by Crippen LogP contribution is -2.14. The van der Waals surface area contributed by atoms with E-state index in [4.69, 9.17) is 17.3 Å². The molecule has 116 valence electrons. The first-order valence-corrected chi connectivity index (χ1v) is 7.24. The highest BCUT2D eigenvalue weighted by Gasteiger charge is 2.27. The molecule has 0 spiro atoms. The molecule has 0 bridgehead atoms. The van der Waals surface area contributed by atoms with E-state index in [0.717, 1.165) is 5.57 Å². The van der Waals surface area contributed by atoms with Crippen LogP contribution in [0.2, 0.25) is 5.15 Å². The second-order valence-electron chi connectivity index (χ2n) is 5.11. The van der Waals surface area contributed by atoms with Crippen LogP contribution in [0.15, 0.2) is 24.5 Å². The Morgan fingerprint density at radius 1 is 1.32 bits per heavy atom. The zero-order valence-corrected chi connectivity index (χ0v) is 12.3. The third-order valence-corrected chi connectivity index (χ3v) is 4.01. The van der Waals surface area contributed by atoms with E-state index >= 15 is 0 Å². The van der Waals surface area contributed by atoms with Crippen molar-refractivity contribution in [3.05, 3.63) is 35.3 Å². The number of nitrogens with zero attached hydrogens (tertiary/aromatic N) is 4. The largest absolute Gasteiger partial charge is 0.383 e. The van der Waals surface area contributed by atoms with E-state index in [1.807, 2.05) is 0 Å². The SMILES string of the molecule is Nc1c(C2=CCC(C(F)F)CC2)c(Cl)nn1-c1ncccn1. The molecule has 0 aliphatic heterocycles. The minimum atomic E-state index is -2.30. The molecule has 22 heavy (non-hydrogen) atoms. The van der Waals surface area contributed by atoms with Gasteiger partial charge in [0, 0.05) is 18.3 Å². The summed E-state index contributed by atoms with van der Waals surface area (Å²) >= 11 is 6.18. The van der Waals surface area contributed by atoms with Crippen molar-refractivity contribution in [2.24, 2.45) is 5.92 Å². The molecular formula is C14H14ClF2N5. The number of hydrogen-bond acceptors (Lipinski definition) is 4. The van der Waals surface area contributed by atoms with Crippen molar-refractivity contribution in [1.29, 1.82) is 0 Å². The molecule has 3 rings (SSSR count). The first-order valence-electron chi connectivity index (χ1n) is 6.87. The topological polar surface area (TPSA) is 69.6 Å². The maximum Gasteiger partial charge on any atom is 0.252 e. The summed E-state index contributed by atoms with van der Waals surface area (Å²) in [5, 5.41) is 4.38. The van der Waals surface area contributed by atoms with Gasteiger partial charge in [-0.1, -0.05) is 17.7 Å². The van der Waals surface area contributed by atoms with Gasteiger partial charge in [0.05, 0.1) is 5.56 Å². The van der Waals surface area contributed by atoms with Gasteiger partial charge in [-0.05, 0) is 30.9 Å². The van der Waals surface area contributed by atoms with Gasteiger partial charge in [0.2, 0.25) is 6.43 Å². The van der Waals surface area contributed by atoms with Crippen molar-refractivity contribution in [1.82, 2.24) is 19.7 Å². The van der Waals surface area contributed by atoms with Crippen molar-refractivity contribution in [2.75, 3.05) is 5.73 Å². The average molecular weight is 326 g/mol. The Bertz CT molecular complexity index is 699. The Labute approximate surface area is 130 Å². The summed E-state index contributed by atoms with van der Waals surface area (Å²) in [4.78, 5) is 8.15. The maximum atomic E-state index is 12.7. The van der Waals surface area contributed by atoms with Gasteiger partial charge in [0.25, 0.3) is 5.95 Å². The summed E-state index contributed by atoms with van der Waals surface area (Å²) in [6.45, 7) is 0. The van der Waals surface area contributed by atoms with Gasteiger partial charge in [0.15, 0.2) is 5.15 Å². The Hall–Kier alpha value is -2.02. The maximum absolute atomic E-state index is 12.7. The number of alkyl halides is 2. The summed E-state index contributed by atoms with van der Waals surface area (Å²) in [6.07, 6.45) is 3.85. The normalized spacial score (nSPS) is 18.5. The Kier molecular flexibility index (Phi) is 4.06. The van der Waals surface area contributed by atoms with Gasteiger partial charge in [0.1, 0.15) is 5.82 Å². The third-order valence-electron chi connectivity index (χ3n) is 3.75. The monoisotopic (exact) mass is 325 g/mol. The molecule has 2 heterocycles. The van der Waals surface area contributed by atoms with Gasteiger partial charge in [-0.15, -0.1) is 0 Å². The zero-order chi connectivity index (χ0) is 15.7. The number of allylic oxidation sites excluding steroid dienone is 2. The lowest BCUT2D eigenvalue weighted by atomic mass is 9.87. The molecule has 1 unspecified atom stereocenters. The highest BCUT2D eigenvalue weighted by Crippen LogP contribution is 2.38. The highest BCUT2D eigenvalue weighted by atomic mass is 35.5. The van der Waals surface area contributed by atoms with E-state index in [-0.39, 0.29) is 5.15 Å². The molecule has 0 aromatic carbocycles. The van der Waals surface area contributed by atoms with Crippen molar-refractivity contribution in [3.63, 3.8) is 0 Å². The van der Waals surface area contributed by atoms with Gasteiger partial charge >= 0.3 is 0 Å². The number of halogens is 3. The molecule has 0 saturated carbocycles. The summed E-state index contributed by atoms with van der Waals surface area (Å²) in [5.74, 6) is 0.0317. The van der Waals surface area contributed by atoms with Crippen molar-refractivity contribution in [3.8, 4) is 5.95 Å². The predicted octanol–water partition coefficient (Wildman–Crippen LogP) is 3.35. The molecule has 0 saturated heterocycles. The Morgan fingerprint density at radius 2 is 2.05 bits per heavy atom. The van der Waals surface area contributed by atoms with E-state index in [2.05, 4.69) is 15.1 Å². The summed E-state index contributed by atoms with van der Waals surface area (Å²) in [7, 11) is 0. The van der Waals surface area contributed by atoms with Crippen LogP contribution in [0.3, 0.4) is 0 Å². The van der Waals surface area contributed by atoms with Crippen LogP contribution in [-0.2, 0) is 0 Å². The molecule has 2 N–H and O–H groups in total. The van der Waals surface area contributed by atoms with E-state index in [0.29, 0.717) is 36.6 Å². The quantitative estimate of drug-likeness (QED) is 0.939. The number of nitrogen functional groups attached to an aromatic ring is 1. The lowest BCUT2D eigenvalue weighted by Gasteiger charge is -2.21. The number of anilines is 1. The molecular weight excluding hydrogens is 312 g/mol. The van der Waals surface area contributed by atoms with Crippen LogP contribution in [-0.4, -0.2) is 26.2 Å². The second kappa shape index (κ2) is 6.00. The van der Waals surface area contributed by atoms with E-state index in [1.165, 1.54) is 4.68 Å². The molecule has 0 fully saturated rings. The fourth-order valence-corrected chi connectivity index (χ4v) is 2.86. The van der Waals surface area contributed by atoms with Crippen molar-refractivity contribution in [2.45, 2.75) is 25.7 Å². The molecule has 8 heteroatoms. The van der Waals surface area contributed by atoms with Crippen LogP contribution in [0, 0.1) is 5.92 Å². The van der Waals surface area contributed by atoms with Gasteiger partial charge < -0.3 is 5.73 Å². The van der Waals surface area contributed by atoms with Crippen LogP contribution in [0.1, 0.15) is 24.8 Å². The Morgan fingerprint density at radius 3 is 2.64 bits per heavy atom. The fourth-order valence-electron chi connectivity index (χ4n) is 2.56. The molecule has 1 aliphatic rings. The van der Waals surface area contributed by atoms with Gasteiger partial charge in [-0.2, -0.15) is 9.78 Å².